The Kier molecular flexibility index (Phi) is 7.58. The maximum absolute atomic E-state index is 11.2. The predicted octanol–water partition coefficient (Wildman–Crippen LogP) is 4.00. The van der Waals surface area contributed by atoms with Gasteiger partial charge in [-0.05, 0) is 17.2 Å². The van der Waals surface area contributed by atoms with E-state index >= 15 is 0 Å². The van der Waals surface area contributed by atoms with Gasteiger partial charge in [-0.15, -0.1) is 0 Å². The van der Waals surface area contributed by atoms with Crippen LogP contribution >= 0.6 is 0 Å². The van der Waals surface area contributed by atoms with E-state index in [9.17, 15) is 14.7 Å². The summed E-state index contributed by atoms with van der Waals surface area (Å²) in [6.07, 6.45) is 2.78. The monoisotopic (exact) mass is 310 g/mol. The molecule has 0 saturated heterocycles. The van der Waals surface area contributed by atoms with Crippen LogP contribution in [0.3, 0.4) is 0 Å². The number of ether oxygens (including phenoxy) is 1. The van der Waals surface area contributed by atoms with E-state index in [-0.39, 0.29) is 5.97 Å². The lowest BCUT2D eigenvalue weighted by Gasteiger charge is -2.02. The lowest BCUT2D eigenvalue weighted by molar-refractivity contribution is -0.135. The minimum absolute atomic E-state index is 0.303. The molecule has 0 aliphatic carbocycles. The zero-order chi connectivity index (χ0) is 17.1. The SMILES string of the molecule is C=COC(C)=O.O=C(O)C(=Cc1ccccc1)c1ccccc1. The molecule has 0 radical (unpaired) electrons. The molecule has 0 aromatic heterocycles. The van der Waals surface area contributed by atoms with Crippen LogP contribution < -0.4 is 0 Å². The van der Waals surface area contributed by atoms with Crippen molar-refractivity contribution < 1.29 is 19.4 Å². The number of aliphatic carboxylic acids is 1. The van der Waals surface area contributed by atoms with Crippen LogP contribution in [-0.2, 0) is 14.3 Å². The van der Waals surface area contributed by atoms with E-state index in [1.54, 1.807) is 18.2 Å². The van der Waals surface area contributed by atoms with E-state index in [0.717, 1.165) is 11.8 Å². The fraction of sp³-hybridized carbons (Fsp3) is 0.0526. The fourth-order valence-corrected chi connectivity index (χ4v) is 1.72. The van der Waals surface area contributed by atoms with Gasteiger partial charge in [0.25, 0.3) is 0 Å². The first-order chi connectivity index (χ1) is 11.0. The van der Waals surface area contributed by atoms with Gasteiger partial charge in [-0.2, -0.15) is 0 Å². The number of benzene rings is 2. The molecule has 2 aromatic carbocycles. The lowest BCUT2D eigenvalue weighted by Crippen LogP contribution is -1.99. The van der Waals surface area contributed by atoms with Crippen LogP contribution in [0, 0.1) is 0 Å². The summed E-state index contributed by atoms with van der Waals surface area (Å²) >= 11 is 0. The van der Waals surface area contributed by atoms with E-state index in [1.165, 1.54) is 6.92 Å². The third-order valence-corrected chi connectivity index (χ3v) is 2.68. The maximum Gasteiger partial charge on any atom is 0.336 e. The summed E-state index contributed by atoms with van der Waals surface area (Å²) in [4.78, 5) is 21.0. The van der Waals surface area contributed by atoms with Crippen LogP contribution in [0.2, 0.25) is 0 Å². The topological polar surface area (TPSA) is 63.6 Å². The first-order valence-corrected chi connectivity index (χ1v) is 6.88. The minimum Gasteiger partial charge on any atom is -0.478 e. The molecule has 2 rings (SSSR count). The second kappa shape index (κ2) is 9.73. The Hall–Kier alpha value is -3.14. The molecule has 0 bridgehead atoms. The van der Waals surface area contributed by atoms with Crippen molar-refractivity contribution in [2.24, 2.45) is 0 Å². The van der Waals surface area contributed by atoms with Crippen LogP contribution in [0.1, 0.15) is 18.1 Å². The molecule has 0 aliphatic heterocycles. The average Bonchev–Trinajstić information content (AvgIpc) is 2.54. The Morgan fingerprint density at radius 2 is 1.52 bits per heavy atom. The van der Waals surface area contributed by atoms with Crippen molar-refractivity contribution in [1.29, 1.82) is 0 Å². The van der Waals surface area contributed by atoms with Gasteiger partial charge in [-0.3, -0.25) is 4.79 Å². The van der Waals surface area contributed by atoms with Gasteiger partial charge in [0.15, 0.2) is 0 Å². The standard InChI is InChI=1S/C15H12O2.C4H6O2/c16-15(17)14(13-9-5-2-6-10-13)11-12-7-3-1-4-8-12;1-3-6-4(2)5/h1-11H,(H,16,17);3H,1H2,2H3. The molecular formula is C19H18O4. The summed E-state index contributed by atoms with van der Waals surface area (Å²) in [5, 5.41) is 9.22. The predicted molar refractivity (Wildman–Crippen MR) is 90.4 cm³/mol. The van der Waals surface area contributed by atoms with Crippen LogP contribution in [-0.4, -0.2) is 17.0 Å². The van der Waals surface area contributed by atoms with Crippen LogP contribution in [0.25, 0.3) is 11.6 Å². The number of carboxylic acids is 1. The molecule has 0 atom stereocenters. The molecular weight excluding hydrogens is 292 g/mol. The van der Waals surface area contributed by atoms with Gasteiger partial charge in [-0.1, -0.05) is 67.2 Å². The van der Waals surface area contributed by atoms with Crippen molar-refractivity contribution in [3.8, 4) is 0 Å². The van der Waals surface area contributed by atoms with Gasteiger partial charge in [0.05, 0.1) is 11.8 Å². The Bertz CT molecular complexity index is 673. The summed E-state index contributed by atoms with van der Waals surface area (Å²) in [5.41, 5.74) is 1.90. The number of carbonyl (C=O) groups is 2. The van der Waals surface area contributed by atoms with Crippen LogP contribution in [0.15, 0.2) is 73.5 Å². The van der Waals surface area contributed by atoms with Crippen LogP contribution in [0.4, 0.5) is 0 Å². The number of carbonyl (C=O) groups excluding carboxylic acids is 1. The average molecular weight is 310 g/mol. The first kappa shape index (κ1) is 17.9. The van der Waals surface area contributed by atoms with Crippen molar-refractivity contribution in [2.75, 3.05) is 0 Å². The summed E-state index contributed by atoms with van der Waals surface area (Å²) in [7, 11) is 0. The molecule has 0 heterocycles. The Morgan fingerprint density at radius 1 is 1.00 bits per heavy atom. The first-order valence-electron chi connectivity index (χ1n) is 6.88. The molecule has 0 unspecified atom stereocenters. The van der Waals surface area contributed by atoms with E-state index in [0.29, 0.717) is 11.1 Å². The molecule has 118 valence electrons. The maximum atomic E-state index is 11.2. The molecule has 0 saturated carbocycles. The van der Waals surface area contributed by atoms with E-state index in [2.05, 4.69) is 11.3 Å². The number of rotatable bonds is 4. The molecule has 2 aromatic rings. The molecule has 23 heavy (non-hydrogen) atoms. The van der Waals surface area contributed by atoms with Crippen molar-refractivity contribution in [3.63, 3.8) is 0 Å². The summed E-state index contributed by atoms with van der Waals surface area (Å²) < 4.78 is 4.17. The van der Waals surface area contributed by atoms with Crippen molar-refractivity contribution in [2.45, 2.75) is 6.92 Å². The van der Waals surface area contributed by atoms with E-state index in [4.69, 9.17) is 0 Å². The van der Waals surface area contributed by atoms with Gasteiger partial charge in [0.2, 0.25) is 0 Å². The van der Waals surface area contributed by atoms with Gasteiger partial charge >= 0.3 is 11.9 Å². The highest BCUT2D eigenvalue weighted by atomic mass is 16.5. The Morgan fingerprint density at radius 3 is 1.91 bits per heavy atom. The number of carboxylic acid groups (broad SMARTS) is 1. The second-order valence-corrected chi connectivity index (χ2v) is 4.42. The van der Waals surface area contributed by atoms with Crippen LogP contribution in [0.5, 0.6) is 0 Å². The zero-order valence-electron chi connectivity index (χ0n) is 12.8. The van der Waals surface area contributed by atoms with Crippen molar-refractivity contribution >= 4 is 23.6 Å². The highest BCUT2D eigenvalue weighted by molar-refractivity contribution is 6.20. The third-order valence-electron chi connectivity index (χ3n) is 2.68. The lowest BCUT2D eigenvalue weighted by atomic mass is 10.0. The molecule has 1 N–H and O–H groups in total. The fourth-order valence-electron chi connectivity index (χ4n) is 1.72. The van der Waals surface area contributed by atoms with E-state index < -0.39 is 5.97 Å². The molecule has 0 fully saturated rings. The number of hydrogen-bond donors (Lipinski definition) is 1. The Labute approximate surface area is 135 Å². The Balaban J connectivity index is 0.000000379. The summed E-state index contributed by atoms with van der Waals surface area (Å²) in [6, 6.07) is 18.6. The van der Waals surface area contributed by atoms with Gasteiger partial charge in [-0.25, -0.2) is 4.79 Å². The molecule has 4 heteroatoms. The third kappa shape index (κ3) is 6.91. The molecule has 0 spiro atoms. The largest absolute Gasteiger partial charge is 0.478 e. The normalized spacial score (nSPS) is 10.0. The van der Waals surface area contributed by atoms with Gasteiger partial charge in [0.1, 0.15) is 0 Å². The number of hydrogen-bond acceptors (Lipinski definition) is 3. The van der Waals surface area contributed by atoms with Crippen molar-refractivity contribution in [3.05, 3.63) is 84.6 Å². The summed E-state index contributed by atoms with van der Waals surface area (Å²) in [6.45, 7) is 4.48. The highest BCUT2D eigenvalue weighted by Gasteiger charge is 2.09. The summed E-state index contributed by atoms with van der Waals surface area (Å²) in [5.74, 6) is -1.25. The molecule has 0 aliphatic rings. The highest BCUT2D eigenvalue weighted by Crippen LogP contribution is 2.18. The quantitative estimate of drug-likeness (QED) is 0.401. The smallest absolute Gasteiger partial charge is 0.336 e. The zero-order valence-corrected chi connectivity index (χ0v) is 12.8. The molecule has 4 nitrogen and oxygen atoms in total. The number of esters is 1. The van der Waals surface area contributed by atoms with E-state index in [1.807, 2.05) is 48.5 Å². The van der Waals surface area contributed by atoms with Gasteiger partial charge < -0.3 is 9.84 Å². The van der Waals surface area contributed by atoms with Crippen molar-refractivity contribution in [1.82, 2.24) is 0 Å². The minimum atomic E-state index is -0.917. The second-order valence-electron chi connectivity index (χ2n) is 4.42. The molecule has 0 amide bonds. The van der Waals surface area contributed by atoms with Gasteiger partial charge in [0, 0.05) is 6.92 Å².